The van der Waals surface area contributed by atoms with Crippen molar-refractivity contribution in [2.75, 3.05) is 0 Å². The first kappa shape index (κ1) is 14.3. The summed E-state index contributed by atoms with van der Waals surface area (Å²) in [5, 5.41) is 14.0. The highest BCUT2D eigenvalue weighted by Crippen LogP contribution is 2.32. The molecule has 3 aromatic rings. The number of benzene rings is 1. The second kappa shape index (κ2) is 5.26. The highest BCUT2D eigenvalue weighted by atomic mass is 16.5. The highest BCUT2D eigenvalue weighted by Gasteiger charge is 2.19. The van der Waals surface area contributed by atoms with E-state index in [1.165, 1.54) is 0 Å². The lowest BCUT2D eigenvalue weighted by Gasteiger charge is -2.08. The average molecular weight is 296 g/mol. The van der Waals surface area contributed by atoms with E-state index in [9.17, 15) is 4.79 Å². The van der Waals surface area contributed by atoms with E-state index in [4.69, 9.17) is 9.63 Å². The number of hydrogen-bond acceptors (Lipinski definition) is 4. The molecule has 5 heteroatoms. The van der Waals surface area contributed by atoms with Crippen LogP contribution in [0.4, 0.5) is 0 Å². The minimum absolute atomic E-state index is 0.0564. The van der Waals surface area contributed by atoms with Crippen LogP contribution in [0.15, 0.2) is 28.8 Å². The number of aryl methyl sites for hydroxylation is 3. The molecule has 0 aliphatic carbocycles. The van der Waals surface area contributed by atoms with Gasteiger partial charge in [0.05, 0.1) is 11.8 Å². The van der Waals surface area contributed by atoms with Crippen LogP contribution in [-0.2, 0) is 11.2 Å². The van der Waals surface area contributed by atoms with Gasteiger partial charge < -0.3 is 9.63 Å². The van der Waals surface area contributed by atoms with E-state index >= 15 is 0 Å². The second-order valence-electron chi connectivity index (χ2n) is 5.45. The molecule has 0 aliphatic rings. The van der Waals surface area contributed by atoms with Crippen LogP contribution in [0.25, 0.3) is 22.4 Å². The van der Waals surface area contributed by atoms with Gasteiger partial charge in [-0.25, -0.2) is 4.98 Å². The third-order valence-electron chi connectivity index (χ3n) is 3.86. The number of aromatic nitrogens is 2. The van der Waals surface area contributed by atoms with E-state index in [1.54, 1.807) is 6.92 Å². The molecule has 0 aliphatic heterocycles. The first-order valence-electron chi connectivity index (χ1n) is 7.01. The van der Waals surface area contributed by atoms with Gasteiger partial charge in [0.25, 0.3) is 5.71 Å². The number of carboxylic acid groups (broad SMARTS) is 1. The van der Waals surface area contributed by atoms with Gasteiger partial charge in [-0.2, -0.15) is 0 Å². The highest BCUT2D eigenvalue weighted by molar-refractivity contribution is 5.93. The molecule has 2 aromatic heterocycles. The van der Waals surface area contributed by atoms with Crippen LogP contribution in [0.5, 0.6) is 0 Å². The van der Waals surface area contributed by atoms with E-state index in [0.29, 0.717) is 17.1 Å². The first-order chi connectivity index (χ1) is 10.5. The summed E-state index contributed by atoms with van der Waals surface area (Å²) in [6, 6.07) is 7.96. The summed E-state index contributed by atoms with van der Waals surface area (Å²) in [4.78, 5) is 15.4. The van der Waals surface area contributed by atoms with Crippen LogP contribution < -0.4 is 0 Å². The van der Waals surface area contributed by atoms with Gasteiger partial charge in [-0.15, -0.1) is 0 Å². The molecule has 0 saturated heterocycles. The van der Waals surface area contributed by atoms with Gasteiger partial charge in [0.1, 0.15) is 5.69 Å². The van der Waals surface area contributed by atoms with Gasteiger partial charge in [-0.1, -0.05) is 35.0 Å². The molecule has 1 aromatic carbocycles. The quantitative estimate of drug-likeness (QED) is 0.801. The normalized spacial score (nSPS) is 11.0. The lowest BCUT2D eigenvalue weighted by atomic mass is 9.98. The summed E-state index contributed by atoms with van der Waals surface area (Å²) >= 11 is 0. The Labute approximate surface area is 127 Å². The van der Waals surface area contributed by atoms with E-state index in [-0.39, 0.29) is 6.42 Å². The van der Waals surface area contributed by atoms with E-state index < -0.39 is 5.97 Å². The Morgan fingerprint density at radius 2 is 1.86 bits per heavy atom. The summed E-state index contributed by atoms with van der Waals surface area (Å²) in [7, 11) is 0. The van der Waals surface area contributed by atoms with Gasteiger partial charge in [0, 0.05) is 11.3 Å². The zero-order chi connectivity index (χ0) is 15.9. The first-order valence-corrected chi connectivity index (χ1v) is 7.01. The fraction of sp³-hybridized carbons (Fsp3) is 0.235. The smallest absolute Gasteiger partial charge is 0.307 e. The predicted octanol–water partition coefficient (Wildman–Crippen LogP) is 3.44. The number of aliphatic carboxylic acids is 1. The molecule has 0 amide bonds. The van der Waals surface area contributed by atoms with Crippen molar-refractivity contribution in [2.45, 2.75) is 27.2 Å². The third-order valence-corrected chi connectivity index (χ3v) is 3.86. The van der Waals surface area contributed by atoms with Crippen molar-refractivity contribution in [3.63, 3.8) is 0 Å². The van der Waals surface area contributed by atoms with Crippen LogP contribution in [0, 0.1) is 20.8 Å². The average Bonchev–Trinajstić information content (AvgIpc) is 2.88. The molecule has 0 fully saturated rings. The van der Waals surface area contributed by atoms with Crippen molar-refractivity contribution in [1.82, 2.24) is 10.1 Å². The van der Waals surface area contributed by atoms with Gasteiger partial charge in [0.15, 0.2) is 0 Å². The van der Waals surface area contributed by atoms with Crippen molar-refractivity contribution in [2.24, 2.45) is 0 Å². The van der Waals surface area contributed by atoms with Gasteiger partial charge >= 0.3 is 5.97 Å². The number of hydrogen-bond donors (Lipinski definition) is 1. The summed E-state index contributed by atoms with van der Waals surface area (Å²) in [6.07, 6.45) is -0.0564. The minimum atomic E-state index is -0.874. The zero-order valence-corrected chi connectivity index (χ0v) is 12.7. The lowest BCUT2D eigenvalue weighted by Crippen LogP contribution is -2.06. The maximum Gasteiger partial charge on any atom is 0.307 e. The Morgan fingerprint density at radius 1 is 1.18 bits per heavy atom. The number of fused-ring (bicyclic) bond motifs is 1. The Kier molecular flexibility index (Phi) is 3.41. The van der Waals surface area contributed by atoms with Crippen LogP contribution in [0.3, 0.4) is 0 Å². The molecule has 0 saturated carbocycles. The molecule has 0 atom stereocenters. The SMILES string of the molecule is Cc1ccc(-c2noc3nc(C)c(CC(=O)O)c(C)c23)cc1. The molecular formula is C17H16N2O3. The Bertz CT molecular complexity index is 864. The number of carbonyl (C=O) groups is 1. The Hall–Kier alpha value is -2.69. The Morgan fingerprint density at radius 3 is 2.50 bits per heavy atom. The van der Waals surface area contributed by atoms with Crippen molar-refractivity contribution < 1.29 is 14.4 Å². The number of rotatable bonds is 3. The van der Waals surface area contributed by atoms with Crippen molar-refractivity contribution in [3.05, 3.63) is 46.6 Å². The summed E-state index contributed by atoms with van der Waals surface area (Å²) in [5.41, 5.74) is 5.48. The van der Waals surface area contributed by atoms with Gasteiger partial charge in [-0.05, 0) is 31.9 Å². The molecule has 1 N–H and O–H groups in total. The van der Waals surface area contributed by atoms with Crippen LogP contribution in [-0.4, -0.2) is 21.2 Å². The predicted molar refractivity (Wildman–Crippen MR) is 82.8 cm³/mol. The number of carboxylic acids is 1. The molecule has 112 valence electrons. The van der Waals surface area contributed by atoms with Crippen LogP contribution >= 0.6 is 0 Å². The number of pyridine rings is 1. The molecule has 0 unspecified atom stereocenters. The zero-order valence-electron chi connectivity index (χ0n) is 12.7. The summed E-state index contributed by atoms with van der Waals surface area (Å²) in [5.74, 6) is -0.874. The molecule has 0 spiro atoms. The topological polar surface area (TPSA) is 76.2 Å². The molecule has 3 rings (SSSR count). The standard InChI is InChI=1S/C17H16N2O3/c1-9-4-6-12(7-5-9)16-15-10(2)13(8-14(20)21)11(3)18-17(15)22-19-16/h4-7H,8H2,1-3H3,(H,20,21). The molecule has 0 bridgehead atoms. The second-order valence-corrected chi connectivity index (χ2v) is 5.45. The van der Waals surface area contributed by atoms with Crippen molar-refractivity contribution >= 4 is 17.1 Å². The Balaban J connectivity index is 2.25. The molecule has 22 heavy (non-hydrogen) atoms. The summed E-state index contributed by atoms with van der Waals surface area (Å²) in [6.45, 7) is 5.70. The molecule has 2 heterocycles. The molecule has 0 radical (unpaired) electrons. The van der Waals surface area contributed by atoms with Crippen LogP contribution in [0.2, 0.25) is 0 Å². The van der Waals surface area contributed by atoms with Crippen molar-refractivity contribution in [1.29, 1.82) is 0 Å². The third kappa shape index (κ3) is 2.35. The van der Waals surface area contributed by atoms with Gasteiger partial charge in [-0.3, -0.25) is 4.79 Å². The number of nitrogens with zero attached hydrogens (tertiary/aromatic N) is 2. The lowest BCUT2D eigenvalue weighted by molar-refractivity contribution is -0.136. The largest absolute Gasteiger partial charge is 0.481 e. The summed E-state index contributed by atoms with van der Waals surface area (Å²) < 4.78 is 5.35. The fourth-order valence-electron chi connectivity index (χ4n) is 2.66. The van der Waals surface area contributed by atoms with Gasteiger partial charge in [0.2, 0.25) is 0 Å². The van der Waals surface area contributed by atoms with Crippen molar-refractivity contribution in [3.8, 4) is 11.3 Å². The maximum absolute atomic E-state index is 11.1. The van der Waals surface area contributed by atoms with E-state index in [1.807, 2.05) is 38.1 Å². The molecular weight excluding hydrogens is 280 g/mol. The van der Waals surface area contributed by atoms with Crippen LogP contribution in [0.1, 0.15) is 22.4 Å². The minimum Gasteiger partial charge on any atom is -0.481 e. The molecule has 5 nitrogen and oxygen atoms in total. The van der Waals surface area contributed by atoms with E-state index in [0.717, 1.165) is 27.6 Å². The van der Waals surface area contributed by atoms with E-state index in [2.05, 4.69) is 10.1 Å². The monoisotopic (exact) mass is 296 g/mol. The maximum atomic E-state index is 11.1. The fourth-order valence-corrected chi connectivity index (χ4v) is 2.66.